The molecule has 0 aromatic rings. The minimum absolute atomic E-state index is 0.141. The second-order valence-corrected chi connectivity index (χ2v) is 6.93. The Bertz CT molecular complexity index is 417. The standard InChI is InChI=1S/C17H31NO4/c1-7-12(8-2)11(4)14(19)18-17(15(20)21)10-13(22-9-3)16(17,5)6/h11-13H,7-10H2,1-6H3,(H,18,19)(H,20,21). The van der Waals surface area contributed by atoms with Crippen LogP contribution in [0.4, 0.5) is 0 Å². The second kappa shape index (κ2) is 6.99. The Morgan fingerprint density at radius 3 is 2.18 bits per heavy atom. The van der Waals surface area contributed by atoms with Crippen LogP contribution in [0.15, 0.2) is 0 Å². The number of carboxylic acid groups (broad SMARTS) is 1. The highest BCUT2D eigenvalue weighted by Gasteiger charge is 2.66. The molecule has 0 aromatic heterocycles. The van der Waals surface area contributed by atoms with E-state index in [0.29, 0.717) is 13.0 Å². The van der Waals surface area contributed by atoms with Gasteiger partial charge in [0.25, 0.3) is 0 Å². The minimum Gasteiger partial charge on any atom is -0.479 e. The number of carboxylic acids is 1. The summed E-state index contributed by atoms with van der Waals surface area (Å²) in [5.41, 5.74) is -1.86. The van der Waals surface area contributed by atoms with Gasteiger partial charge < -0.3 is 15.2 Å². The van der Waals surface area contributed by atoms with Gasteiger partial charge in [-0.25, -0.2) is 4.79 Å². The summed E-state index contributed by atoms with van der Waals surface area (Å²) in [6.07, 6.45) is 2.01. The first-order valence-corrected chi connectivity index (χ1v) is 8.34. The van der Waals surface area contributed by atoms with Gasteiger partial charge in [-0.3, -0.25) is 4.79 Å². The Morgan fingerprint density at radius 1 is 1.27 bits per heavy atom. The van der Waals surface area contributed by atoms with Crippen LogP contribution in [0.2, 0.25) is 0 Å². The third-order valence-corrected chi connectivity index (χ3v) is 5.64. The summed E-state index contributed by atoms with van der Waals surface area (Å²) in [4.78, 5) is 24.4. The van der Waals surface area contributed by atoms with Gasteiger partial charge in [0.1, 0.15) is 5.54 Å². The largest absolute Gasteiger partial charge is 0.479 e. The number of rotatable bonds is 8. The van der Waals surface area contributed by atoms with Gasteiger partial charge in [-0.1, -0.05) is 47.5 Å². The molecule has 1 saturated carbocycles. The maximum Gasteiger partial charge on any atom is 0.330 e. The van der Waals surface area contributed by atoms with Crippen molar-refractivity contribution < 1.29 is 19.4 Å². The smallest absolute Gasteiger partial charge is 0.330 e. The third-order valence-electron chi connectivity index (χ3n) is 5.64. The summed E-state index contributed by atoms with van der Waals surface area (Å²) in [5.74, 6) is -1.05. The van der Waals surface area contributed by atoms with E-state index in [9.17, 15) is 14.7 Å². The van der Waals surface area contributed by atoms with E-state index in [0.717, 1.165) is 12.8 Å². The summed E-state index contributed by atoms with van der Waals surface area (Å²) in [6.45, 7) is 12.1. The van der Waals surface area contributed by atoms with Crippen molar-refractivity contribution >= 4 is 11.9 Å². The minimum atomic E-state index is -1.23. The lowest BCUT2D eigenvalue weighted by Gasteiger charge is -2.58. The average Bonchev–Trinajstić information content (AvgIpc) is 2.46. The van der Waals surface area contributed by atoms with E-state index in [1.54, 1.807) is 0 Å². The second-order valence-electron chi connectivity index (χ2n) is 6.93. The predicted octanol–water partition coefficient (Wildman–Crippen LogP) is 2.83. The summed E-state index contributed by atoms with van der Waals surface area (Å²) in [6, 6.07) is 0. The van der Waals surface area contributed by atoms with Gasteiger partial charge in [0, 0.05) is 24.4 Å². The monoisotopic (exact) mass is 313 g/mol. The number of hydrogen-bond acceptors (Lipinski definition) is 3. The first-order valence-electron chi connectivity index (χ1n) is 8.34. The molecule has 0 radical (unpaired) electrons. The van der Waals surface area contributed by atoms with Crippen LogP contribution >= 0.6 is 0 Å². The molecule has 1 amide bonds. The predicted molar refractivity (Wildman–Crippen MR) is 85.6 cm³/mol. The molecular weight excluding hydrogens is 282 g/mol. The summed E-state index contributed by atoms with van der Waals surface area (Å²) >= 11 is 0. The summed E-state index contributed by atoms with van der Waals surface area (Å²) < 4.78 is 5.62. The van der Waals surface area contributed by atoms with Gasteiger partial charge >= 0.3 is 5.97 Å². The van der Waals surface area contributed by atoms with E-state index < -0.39 is 16.9 Å². The van der Waals surface area contributed by atoms with Crippen LogP contribution in [0.1, 0.15) is 60.8 Å². The van der Waals surface area contributed by atoms with Crippen LogP contribution in [-0.4, -0.2) is 35.2 Å². The summed E-state index contributed by atoms with van der Waals surface area (Å²) in [5, 5.41) is 12.6. The lowest BCUT2D eigenvalue weighted by molar-refractivity contribution is -0.195. The number of carbonyl (C=O) groups excluding carboxylic acids is 1. The Balaban J connectivity index is 2.91. The zero-order valence-electron chi connectivity index (χ0n) is 14.7. The Kier molecular flexibility index (Phi) is 6.02. The molecule has 1 fully saturated rings. The molecule has 5 nitrogen and oxygen atoms in total. The molecule has 1 aliphatic carbocycles. The zero-order valence-corrected chi connectivity index (χ0v) is 14.7. The molecule has 0 aromatic carbocycles. The van der Waals surface area contributed by atoms with Crippen molar-refractivity contribution in [3.05, 3.63) is 0 Å². The van der Waals surface area contributed by atoms with Crippen LogP contribution < -0.4 is 5.32 Å². The summed E-state index contributed by atoms with van der Waals surface area (Å²) in [7, 11) is 0. The molecule has 2 N–H and O–H groups in total. The first-order chi connectivity index (χ1) is 10.2. The zero-order chi connectivity index (χ0) is 17.1. The number of carbonyl (C=O) groups is 2. The van der Waals surface area contributed by atoms with E-state index in [1.807, 2.05) is 27.7 Å². The van der Waals surface area contributed by atoms with Crippen molar-refractivity contribution in [1.82, 2.24) is 5.32 Å². The van der Waals surface area contributed by atoms with Crippen molar-refractivity contribution in [2.45, 2.75) is 72.4 Å². The molecular formula is C17H31NO4. The van der Waals surface area contributed by atoms with Crippen LogP contribution in [-0.2, 0) is 14.3 Å². The molecule has 128 valence electrons. The number of nitrogens with one attached hydrogen (secondary N) is 1. The molecule has 0 heterocycles. The van der Waals surface area contributed by atoms with E-state index in [-0.39, 0.29) is 23.8 Å². The van der Waals surface area contributed by atoms with Gasteiger partial charge in [0.15, 0.2) is 0 Å². The van der Waals surface area contributed by atoms with Crippen molar-refractivity contribution in [3.63, 3.8) is 0 Å². The van der Waals surface area contributed by atoms with E-state index in [2.05, 4.69) is 19.2 Å². The van der Waals surface area contributed by atoms with Crippen molar-refractivity contribution in [2.24, 2.45) is 17.3 Å². The normalized spacial score (nSPS) is 28.0. The maximum absolute atomic E-state index is 12.6. The van der Waals surface area contributed by atoms with Gasteiger partial charge in [-0.2, -0.15) is 0 Å². The number of amides is 1. The van der Waals surface area contributed by atoms with Crippen LogP contribution in [0.25, 0.3) is 0 Å². The molecule has 22 heavy (non-hydrogen) atoms. The molecule has 1 aliphatic rings. The quantitative estimate of drug-likeness (QED) is 0.722. The lowest BCUT2D eigenvalue weighted by Crippen LogP contribution is -2.76. The number of hydrogen-bond donors (Lipinski definition) is 2. The van der Waals surface area contributed by atoms with Crippen LogP contribution in [0, 0.1) is 17.3 Å². The SMILES string of the molecule is CCOC1CC(NC(=O)C(C)C(CC)CC)(C(=O)O)C1(C)C. The van der Waals surface area contributed by atoms with Gasteiger partial charge in [0.2, 0.25) is 5.91 Å². The van der Waals surface area contributed by atoms with Gasteiger partial charge in [-0.05, 0) is 12.8 Å². The van der Waals surface area contributed by atoms with E-state index in [4.69, 9.17) is 4.74 Å². The third kappa shape index (κ3) is 3.00. The van der Waals surface area contributed by atoms with Gasteiger partial charge in [0.05, 0.1) is 6.10 Å². The van der Waals surface area contributed by atoms with E-state index >= 15 is 0 Å². The highest BCUT2D eigenvalue weighted by Crippen LogP contribution is 2.51. The van der Waals surface area contributed by atoms with Gasteiger partial charge in [-0.15, -0.1) is 0 Å². The molecule has 3 atom stereocenters. The van der Waals surface area contributed by atoms with Crippen LogP contribution in [0.3, 0.4) is 0 Å². The van der Waals surface area contributed by atoms with Crippen LogP contribution in [0.5, 0.6) is 0 Å². The number of aliphatic carboxylic acids is 1. The Hall–Kier alpha value is -1.10. The molecule has 0 saturated heterocycles. The Morgan fingerprint density at radius 2 is 1.82 bits per heavy atom. The van der Waals surface area contributed by atoms with Crippen molar-refractivity contribution in [3.8, 4) is 0 Å². The van der Waals surface area contributed by atoms with Crippen molar-refractivity contribution in [1.29, 1.82) is 0 Å². The maximum atomic E-state index is 12.6. The topological polar surface area (TPSA) is 75.6 Å². The molecule has 3 unspecified atom stereocenters. The molecule has 0 spiro atoms. The highest BCUT2D eigenvalue weighted by molar-refractivity contribution is 5.90. The number of ether oxygens (including phenoxy) is 1. The average molecular weight is 313 g/mol. The molecule has 5 heteroatoms. The highest BCUT2D eigenvalue weighted by atomic mass is 16.5. The van der Waals surface area contributed by atoms with E-state index in [1.165, 1.54) is 0 Å². The fourth-order valence-corrected chi connectivity index (χ4v) is 3.57. The van der Waals surface area contributed by atoms with Crippen molar-refractivity contribution in [2.75, 3.05) is 6.61 Å². The molecule has 1 rings (SSSR count). The lowest BCUT2D eigenvalue weighted by atomic mass is 9.54. The molecule has 0 aliphatic heterocycles. The Labute approximate surface area is 133 Å². The molecule has 0 bridgehead atoms. The fraction of sp³-hybridized carbons (Fsp3) is 0.882. The first kappa shape index (κ1) is 18.9. The fourth-order valence-electron chi connectivity index (χ4n) is 3.57.